The molecule has 0 radical (unpaired) electrons. The van der Waals surface area contributed by atoms with Crippen molar-refractivity contribution in [3.05, 3.63) is 44.1 Å². The standard InChI is InChI=1S/C14H14BrFN4S/c1-7-9(8(2)19(3)18-7)6-20-13-5-11(16)10(15)4-12(13)17-14(20)21/h4-5H,6H2,1-3H3,(H,17,21). The van der Waals surface area contributed by atoms with Gasteiger partial charge in [-0.15, -0.1) is 0 Å². The van der Waals surface area contributed by atoms with E-state index in [1.54, 1.807) is 6.07 Å². The van der Waals surface area contributed by atoms with Gasteiger partial charge in [0.1, 0.15) is 5.82 Å². The third-order valence-corrected chi connectivity index (χ3v) is 4.72. The van der Waals surface area contributed by atoms with E-state index in [1.807, 2.05) is 30.1 Å². The van der Waals surface area contributed by atoms with E-state index < -0.39 is 0 Å². The van der Waals surface area contributed by atoms with Crippen molar-refractivity contribution in [2.75, 3.05) is 0 Å². The summed E-state index contributed by atoms with van der Waals surface area (Å²) in [5.74, 6) is -0.301. The molecular formula is C14H14BrFN4S. The Balaban J connectivity index is 2.19. The number of hydrogen-bond donors (Lipinski definition) is 1. The molecule has 3 rings (SSSR count). The fourth-order valence-electron chi connectivity index (χ4n) is 2.51. The summed E-state index contributed by atoms with van der Waals surface area (Å²) in [6.07, 6.45) is 0. The molecule has 1 aromatic carbocycles. The normalized spacial score (nSPS) is 11.5. The molecule has 0 spiro atoms. The van der Waals surface area contributed by atoms with Gasteiger partial charge in [-0.1, -0.05) is 0 Å². The van der Waals surface area contributed by atoms with Crippen LogP contribution in [0, 0.1) is 24.4 Å². The maximum absolute atomic E-state index is 13.8. The molecule has 0 aliphatic rings. The monoisotopic (exact) mass is 368 g/mol. The number of aromatic amines is 1. The summed E-state index contributed by atoms with van der Waals surface area (Å²) < 4.78 is 18.6. The largest absolute Gasteiger partial charge is 0.331 e. The van der Waals surface area contributed by atoms with E-state index in [0.717, 1.165) is 28.0 Å². The minimum Gasteiger partial charge on any atom is -0.331 e. The minimum absolute atomic E-state index is 0.301. The molecule has 0 amide bonds. The molecule has 0 saturated carbocycles. The second kappa shape index (κ2) is 5.06. The SMILES string of the molecule is Cc1nn(C)c(C)c1Cn1c(=S)[nH]c2cc(Br)c(F)cc21. The Morgan fingerprint density at radius 1 is 1.38 bits per heavy atom. The predicted molar refractivity (Wildman–Crippen MR) is 86.6 cm³/mol. The van der Waals surface area contributed by atoms with Gasteiger partial charge in [0.2, 0.25) is 0 Å². The van der Waals surface area contributed by atoms with E-state index in [-0.39, 0.29) is 5.82 Å². The topological polar surface area (TPSA) is 38.5 Å². The molecule has 21 heavy (non-hydrogen) atoms. The lowest BCUT2D eigenvalue weighted by atomic mass is 10.2. The number of aromatic nitrogens is 4. The second-order valence-corrected chi connectivity index (χ2v) is 6.31. The Morgan fingerprint density at radius 2 is 2.10 bits per heavy atom. The zero-order valence-electron chi connectivity index (χ0n) is 11.9. The molecule has 7 heteroatoms. The Hall–Kier alpha value is -1.47. The van der Waals surface area contributed by atoms with E-state index in [2.05, 4.69) is 26.0 Å². The van der Waals surface area contributed by atoms with Crippen molar-refractivity contribution in [1.29, 1.82) is 0 Å². The van der Waals surface area contributed by atoms with E-state index >= 15 is 0 Å². The van der Waals surface area contributed by atoms with Gasteiger partial charge in [-0.05, 0) is 48.1 Å². The number of rotatable bonds is 2. The quantitative estimate of drug-likeness (QED) is 0.694. The molecule has 0 bridgehead atoms. The van der Waals surface area contributed by atoms with E-state index in [4.69, 9.17) is 12.2 Å². The van der Waals surface area contributed by atoms with Gasteiger partial charge in [0, 0.05) is 24.4 Å². The van der Waals surface area contributed by atoms with Gasteiger partial charge in [0.15, 0.2) is 4.77 Å². The summed E-state index contributed by atoms with van der Waals surface area (Å²) in [6.45, 7) is 4.56. The minimum atomic E-state index is -0.301. The van der Waals surface area contributed by atoms with Crippen LogP contribution in [0.15, 0.2) is 16.6 Å². The number of hydrogen-bond acceptors (Lipinski definition) is 2. The number of nitrogens with zero attached hydrogens (tertiary/aromatic N) is 3. The van der Waals surface area contributed by atoms with Gasteiger partial charge in [-0.3, -0.25) is 4.68 Å². The van der Waals surface area contributed by atoms with E-state index in [9.17, 15) is 4.39 Å². The summed E-state index contributed by atoms with van der Waals surface area (Å²) in [5, 5.41) is 4.41. The first kappa shape index (κ1) is 14.5. The molecule has 0 saturated heterocycles. The second-order valence-electron chi connectivity index (χ2n) is 5.07. The summed E-state index contributed by atoms with van der Waals surface area (Å²) in [4.78, 5) is 3.11. The van der Waals surface area contributed by atoms with Gasteiger partial charge >= 0.3 is 0 Å². The molecule has 110 valence electrons. The van der Waals surface area contributed by atoms with E-state index in [1.165, 1.54) is 6.07 Å². The molecule has 0 aliphatic heterocycles. The Bertz CT molecular complexity index is 906. The summed E-state index contributed by atoms with van der Waals surface area (Å²) in [6, 6.07) is 3.20. The lowest BCUT2D eigenvalue weighted by molar-refractivity contribution is 0.621. The highest BCUT2D eigenvalue weighted by molar-refractivity contribution is 9.10. The lowest BCUT2D eigenvalue weighted by Crippen LogP contribution is -2.03. The van der Waals surface area contributed by atoms with Gasteiger partial charge in [0.25, 0.3) is 0 Å². The van der Waals surface area contributed by atoms with Crippen LogP contribution in [0.2, 0.25) is 0 Å². The molecule has 1 N–H and O–H groups in total. The first-order chi connectivity index (χ1) is 9.88. The molecule has 3 aromatic rings. The summed E-state index contributed by atoms with van der Waals surface area (Å²) >= 11 is 8.57. The first-order valence-corrected chi connectivity index (χ1v) is 7.65. The van der Waals surface area contributed by atoms with Crippen molar-refractivity contribution in [2.24, 2.45) is 7.05 Å². The van der Waals surface area contributed by atoms with Gasteiger partial charge in [-0.25, -0.2) is 4.39 Å². The zero-order valence-corrected chi connectivity index (χ0v) is 14.3. The van der Waals surface area contributed by atoms with Crippen LogP contribution < -0.4 is 0 Å². The fourth-order valence-corrected chi connectivity index (χ4v) is 3.13. The maximum atomic E-state index is 13.8. The number of aryl methyl sites for hydroxylation is 2. The average molecular weight is 369 g/mol. The number of nitrogens with one attached hydrogen (secondary N) is 1. The van der Waals surface area contributed by atoms with Gasteiger partial charge in [-0.2, -0.15) is 5.10 Å². The van der Waals surface area contributed by atoms with Crippen molar-refractivity contribution in [3.63, 3.8) is 0 Å². The van der Waals surface area contributed by atoms with Gasteiger partial charge in [0.05, 0.1) is 27.7 Å². The predicted octanol–water partition coefficient (Wildman–Crippen LogP) is 4.00. The maximum Gasteiger partial charge on any atom is 0.178 e. The fraction of sp³-hybridized carbons (Fsp3) is 0.286. The molecule has 0 fully saturated rings. The van der Waals surface area contributed by atoms with Crippen molar-refractivity contribution < 1.29 is 4.39 Å². The highest BCUT2D eigenvalue weighted by atomic mass is 79.9. The van der Waals surface area contributed by atoms with Crippen LogP contribution in [0.1, 0.15) is 17.0 Å². The number of benzene rings is 1. The molecule has 0 unspecified atom stereocenters. The van der Waals surface area contributed by atoms with Crippen LogP contribution in [0.4, 0.5) is 4.39 Å². The smallest absolute Gasteiger partial charge is 0.178 e. The molecule has 0 atom stereocenters. The zero-order chi connectivity index (χ0) is 15.3. The van der Waals surface area contributed by atoms with E-state index in [0.29, 0.717) is 15.8 Å². The summed E-state index contributed by atoms with van der Waals surface area (Å²) in [7, 11) is 1.91. The highest BCUT2D eigenvalue weighted by Gasteiger charge is 2.14. The Labute approximate surface area is 134 Å². The van der Waals surface area contributed by atoms with Crippen LogP contribution >= 0.6 is 28.1 Å². The molecule has 4 nitrogen and oxygen atoms in total. The van der Waals surface area contributed by atoms with Crippen LogP contribution in [0.3, 0.4) is 0 Å². The number of imidazole rings is 1. The number of H-pyrrole nitrogens is 1. The van der Waals surface area contributed by atoms with Crippen LogP contribution in [0.5, 0.6) is 0 Å². The third-order valence-electron chi connectivity index (χ3n) is 3.79. The number of halogens is 2. The first-order valence-electron chi connectivity index (χ1n) is 6.45. The van der Waals surface area contributed by atoms with Crippen molar-refractivity contribution >= 4 is 39.2 Å². The molecule has 2 heterocycles. The lowest BCUT2D eigenvalue weighted by Gasteiger charge is -2.06. The van der Waals surface area contributed by atoms with Crippen molar-refractivity contribution in [1.82, 2.24) is 19.3 Å². The van der Waals surface area contributed by atoms with Crippen LogP contribution in [-0.2, 0) is 13.6 Å². The third kappa shape index (κ3) is 2.34. The Morgan fingerprint density at radius 3 is 2.71 bits per heavy atom. The Kier molecular flexibility index (Phi) is 3.49. The number of fused-ring (bicyclic) bond motifs is 1. The van der Waals surface area contributed by atoms with Crippen molar-refractivity contribution in [3.8, 4) is 0 Å². The van der Waals surface area contributed by atoms with Crippen molar-refractivity contribution in [2.45, 2.75) is 20.4 Å². The molecular weight excluding hydrogens is 355 g/mol. The molecule has 0 aliphatic carbocycles. The van der Waals surface area contributed by atoms with Crippen LogP contribution in [0.25, 0.3) is 11.0 Å². The average Bonchev–Trinajstić information content (AvgIpc) is 2.83. The highest BCUT2D eigenvalue weighted by Crippen LogP contribution is 2.24. The van der Waals surface area contributed by atoms with Crippen LogP contribution in [-0.4, -0.2) is 19.3 Å². The summed E-state index contributed by atoms with van der Waals surface area (Å²) in [5.41, 5.74) is 4.72. The molecule has 2 aromatic heterocycles. The van der Waals surface area contributed by atoms with Gasteiger partial charge < -0.3 is 9.55 Å².